The van der Waals surface area contributed by atoms with Gasteiger partial charge in [0.25, 0.3) is 5.56 Å². The summed E-state index contributed by atoms with van der Waals surface area (Å²) in [5.74, 6) is 1.92. The van der Waals surface area contributed by atoms with Crippen molar-refractivity contribution < 1.29 is 4.74 Å². The Labute approximate surface area is 201 Å². The summed E-state index contributed by atoms with van der Waals surface area (Å²) in [6.45, 7) is 1.37. The zero-order chi connectivity index (χ0) is 23.2. The summed E-state index contributed by atoms with van der Waals surface area (Å²) in [6.07, 6.45) is 2.89. The Bertz CT molecular complexity index is 1470. The average molecular weight is 474 g/mol. The van der Waals surface area contributed by atoms with Crippen molar-refractivity contribution in [3.8, 4) is 16.9 Å². The molecule has 1 aliphatic carbocycles. The van der Waals surface area contributed by atoms with Crippen LogP contribution >= 0.6 is 11.3 Å². The Morgan fingerprint density at radius 2 is 1.97 bits per heavy atom. The van der Waals surface area contributed by atoms with Crippen molar-refractivity contribution in [3.05, 3.63) is 85.9 Å². The third-order valence-electron chi connectivity index (χ3n) is 7.55. The van der Waals surface area contributed by atoms with Crippen LogP contribution in [0.1, 0.15) is 29.9 Å². The molecule has 3 unspecified atom stereocenters. The highest BCUT2D eigenvalue weighted by Gasteiger charge is 2.40. The summed E-state index contributed by atoms with van der Waals surface area (Å²) in [5.41, 5.74) is 4.65. The number of ether oxygens (including phenoxy) is 1. The van der Waals surface area contributed by atoms with Crippen LogP contribution in [0, 0.1) is 5.92 Å². The monoisotopic (exact) mass is 473 g/mol. The Kier molecular flexibility index (Phi) is 5.38. The molecule has 1 fully saturated rings. The van der Waals surface area contributed by atoms with Gasteiger partial charge in [0, 0.05) is 29.4 Å². The van der Waals surface area contributed by atoms with Gasteiger partial charge in [0.05, 0.1) is 12.6 Å². The van der Waals surface area contributed by atoms with Gasteiger partial charge in [-0.25, -0.2) is 4.79 Å². The summed E-state index contributed by atoms with van der Waals surface area (Å²) >= 11 is 1.40. The van der Waals surface area contributed by atoms with Gasteiger partial charge in [0.1, 0.15) is 10.4 Å². The predicted octanol–water partition coefficient (Wildman–Crippen LogP) is 4.14. The Hall–Kier alpha value is -3.16. The molecule has 174 valence electrons. The molecule has 2 aliphatic rings. The summed E-state index contributed by atoms with van der Waals surface area (Å²) in [7, 11) is 1.73. The molecule has 0 radical (unpaired) electrons. The van der Waals surface area contributed by atoms with Gasteiger partial charge in [0.2, 0.25) is 0 Å². The number of H-pyrrole nitrogens is 1. The highest BCUT2D eigenvalue weighted by Crippen LogP contribution is 2.45. The molecule has 2 aromatic heterocycles. The van der Waals surface area contributed by atoms with Crippen LogP contribution in [0.4, 0.5) is 0 Å². The number of methoxy groups -OCH3 is 1. The molecule has 2 aromatic carbocycles. The predicted molar refractivity (Wildman–Crippen MR) is 136 cm³/mol. The number of nitrogens with zero attached hydrogens (tertiary/aromatic N) is 1. The van der Waals surface area contributed by atoms with Gasteiger partial charge in [-0.3, -0.25) is 9.36 Å². The molecule has 4 aromatic rings. The number of benzene rings is 2. The summed E-state index contributed by atoms with van der Waals surface area (Å²) in [4.78, 5) is 29.2. The van der Waals surface area contributed by atoms with E-state index in [0.29, 0.717) is 28.6 Å². The van der Waals surface area contributed by atoms with Crippen molar-refractivity contribution in [1.82, 2.24) is 14.9 Å². The van der Waals surface area contributed by atoms with Gasteiger partial charge >= 0.3 is 5.69 Å². The van der Waals surface area contributed by atoms with E-state index in [0.717, 1.165) is 42.7 Å². The topological polar surface area (TPSA) is 76.1 Å². The molecule has 0 spiro atoms. The van der Waals surface area contributed by atoms with E-state index in [2.05, 4.69) is 22.4 Å². The largest absolute Gasteiger partial charge is 0.496 e. The number of fused-ring (bicyclic) bond motifs is 4. The van der Waals surface area contributed by atoms with E-state index in [1.807, 2.05) is 41.8 Å². The quantitative estimate of drug-likeness (QED) is 0.457. The van der Waals surface area contributed by atoms with Crippen LogP contribution in [0.15, 0.2) is 63.5 Å². The van der Waals surface area contributed by atoms with Crippen molar-refractivity contribution in [3.63, 3.8) is 0 Å². The van der Waals surface area contributed by atoms with Crippen molar-refractivity contribution in [2.24, 2.45) is 5.92 Å². The van der Waals surface area contributed by atoms with Crippen LogP contribution in [0.5, 0.6) is 5.75 Å². The second-order valence-electron chi connectivity index (χ2n) is 9.26. The smallest absolute Gasteiger partial charge is 0.328 e. The number of thiophene rings is 1. The van der Waals surface area contributed by atoms with E-state index in [4.69, 9.17) is 4.74 Å². The zero-order valence-corrected chi connectivity index (χ0v) is 19.9. The molecular weight excluding hydrogens is 446 g/mol. The van der Waals surface area contributed by atoms with Crippen LogP contribution in [0.3, 0.4) is 0 Å². The number of hydrogen-bond donors (Lipinski definition) is 2. The third kappa shape index (κ3) is 3.42. The van der Waals surface area contributed by atoms with Gasteiger partial charge in [-0.1, -0.05) is 42.5 Å². The zero-order valence-electron chi connectivity index (χ0n) is 19.0. The molecule has 0 saturated carbocycles. The lowest BCUT2D eigenvalue weighted by Gasteiger charge is -2.32. The van der Waals surface area contributed by atoms with E-state index in [1.165, 1.54) is 27.0 Å². The van der Waals surface area contributed by atoms with Crippen LogP contribution in [-0.2, 0) is 13.0 Å². The van der Waals surface area contributed by atoms with Gasteiger partial charge in [0.15, 0.2) is 0 Å². The highest BCUT2D eigenvalue weighted by atomic mass is 32.1. The number of nitrogens with one attached hydrogen (secondary N) is 2. The van der Waals surface area contributed by atoms with E-state index >= 15 is 0 Å². The van der Waals surface area contributed by atoms with Crippen LogP contribution in [0.2, 0.25) is 0 Å². The normalized spacial score (nSPS) is 21.4. The van der Waals surface area contributed by atoms with Crippen LogP contribution in [-0.4, -0.2) is 29.2 Å². The first-order chi connectivity index (χ1) is 16.7. The fourth-order valence-corrected chi connectivity index (χ4v) is 6.91. The van der Waals surface area contributed by atoms with Gasteiger partial charge in [-0.15, -0.1) is 11.3 Å². The van der Waals surface area contributed by atoms with Gasteiger partial charge in [-0.05, 0) is 54.5 Å². The maximum Gasteiger partial charge on any atom is 0.328 e. The van der Waals surface area contributed by atoms with E-state index < -0.39 is 0 Å². The first-order valence-corrected chi connectivity index (χ1v) is 12.7. The summed E-state index contributed by atoms with van der Waals surface area (Å²) in [6, 6.07) is 16.4. The molecule has 6 rings (SSSR count). The molecule has 0 bridgehead atoms. The van der Waals surface area contributed by atoms with Crippen molar-refractivity contribution in [2.75, 3.05) is 13.7 Å². The Morgan fingerprint density at radius 1 is 1.12 bits per heavy atom. The summed E-state index contributed by atoms with van der Waals surface area (Å²) in [5, 5.41) is 5.64. The van der Waals surface area contributed by atoms with Crippen LogP contribution < -0.4 is 21.3 Å². The average Bonchev–Trinajstić information content (AvgIpc) is 3.48. The van der Waals surface area contributed by atoms with E-state index in [9.17, 15) is 9.59 Å². The van der Waals surface area contributed by atoms with E-state index in [1.54, 1.807) is 7.11 Å². The first kappa shape index (κ1) is 21.4. The minimum atomic E-state index is -0.339. The highest BCUT2D eigenvalue weighted by molar-refractivity contribution is 7.17. The number of aromatic nitrogens is 2. The maximum atomic E-state index is 13.3. The lowest BCUT2D eigenvalue weighted by molar-refractivity contribution is 0.371. The minimum Gasteiger partial charge on any atom is -0.496 e. The minimum absolute atomic E-state index is 0.203. The number of aromatic amines is 1. The van der Waals surface area contributed by atoms with Gasteiger partial charge < -0.3 is 15.0 Å². The van der Waals surface area contributed by atoms with Crippen molar-refractivity contribution >= 4 is 21.6 Å². The molecule has 0 amide bonds. The Morgan fingerprint density at radius 3 is 2.79 bits per heavy atom. The molecular formula is C27H27N3O3S. The molecule has 1 aliphatic heterocycles. The van der Waals surface area contributed by atoms with Crippen LogP contribution in [0.25, 0.3) is 21.3 Å². The fraction of sp³-hybridized carbons (Fsp3) is 0.333. The summed E-state index contributed by atoms with van der Waals surface area (Å²) < 4.78 is 7.60. The number of rotatable bonds is 5. The molecule has 3 atom stereocenters. The lowest BCUT2D eigenvalue weighted by Crippen LogP contribution is -2.37. The molecule has 7 heteroatoms. The van der Waals surface area contributed by atoms with E-state index in [-0.39, 0.29) is 17.3 Å². The molecule has 2 N–H and O–H groups in total. The lowest BCUT2D eigenvalue weighted by atomic mass is 9.73. The second-order valence-corrected chi connectivity index (χ2v) is 10.1. The maximum absolute atomic E-state index is 13.3. The SMILES string of the molecule is COc1cccc2c1CCC1CNC(CCn3c(=O)[nH]c4c(-c5ccccc5)csc4c3=O)C21. The van der Waals surface area contributed by atoms with Gasteiger partial charge in [-0.2, -0.15) is 0 Å². The first-order valence-electron chi connectivity index (χ1n) is 11.8. The Balaban J connectivity index is 1.30. The molecule has 34 heavy (non-hydrogen) atoms. The van der Waals surface area contributed by atoms with Crippen molar-refractivity contribution in [1.29, 1.82) is 0 Å². The van der Waals surface area contributed by atoms with Crippen molar-refractivity contribution in [2.45, 2.75) is 37.8 Å². The second kappa shape index (κ2) is 8.56. The fourth-order valence-electron chi connectivity index (χ4n) is 5.93. The molecule has 3 heterocycles. The standard InChI is InChI=1S/C27H27N3O3S/c1-33-22-9-5-8-19-18(22)11-10-17-14-28-21(23(17)19)12-13-30-26(31)25-24(29-27(30)32)20(15-34-25)16-6-3-2-4-7-16/h2-9,15,17,21,23,28H,10-14H2,1H3,(H,29,32). The molecule has 6 nitrogen and oxygen atoms in total. The number of hydrogen-bond acceptors (Lipinski definition) is 5. The molecule has 1 saturated heterocycles. The third-order valence-corrected chi connectivity index (χ3v) is 8.52.